The van der Waals surface area contributed by atoms with E-state index in [1.165, 1.54) is 30.7 Å². The normalized spacial score (nSPS) is 17.8. The maximum absolute atomic E-state index is 13.2. The van der Waals surface area contributed by atoms with Crippen LogP contribution in [0.25, 0.3) is 0 Å². The van der Waals surface area contributed by atoms with Crippen LogP contribution in [0.2, 0.25) is 0 Å². The zero-order valence-electron chi connectivity index (χ0n) is 19.9. The van der Waals surface area contributed by atoms with E-state index in [4.69, 9.17) is 9.47 Å². The minimum atomic E-state index is -3.72. The van der Waals surface area contributed by atoms with Gasteiger partial charge in [0.25, 0.3) is 5.91 Å². The van der Waals surface area contributed by atoms with E-state index in [1.54, 1.807) is 11.0 Å². The Morgan fingerprint density at radius 2 is 1.64 bits per heavy atom. The summed E-state index contributed by atoms with van der Waals surface area (Å²) in [7, 11) is -0.751. The zero-order valence-corrected chi connectivity index (χ0v) is 20.7. The van der Waals surface area contributed by atoms with E-state index in [9.17, 15) is 13.2 Å². The fourth-order valence-corrected chi connectivity index (χ4v) is 5.57. The van der Waals surface area contributed by atoms with Crippen LogP contribution < -0.4 is 9.47 Å². The highest BCUT2D eigenvalue weighted by atomic mass is 32.2. The number of carbonyl (C=O) groups is 1. The van der Waals surface area contributed by atoms with Gasteiger partial charge in [-0.05, 0) is 51.8 Å². The molecule has 1 amide bonds. The Hall–Kier alpha value is -2.59. The maximum atomic E-state index is 13.2. The first-order valence-corrected chi connectivity index (χ1v) is 12.6. The first kappa shape index (κ1) is 23.6. The van der Waals surface area contributed by atoms with E-state index in [2.05, 4.69) is 25.9 Å². The van der Waals surface area contributed by atoms with Crippen molar-refractivity contribution in [2.45, 2.75) is 50.0 Å². The molecule has 33 heavy (non-hydrogen) atoms. The number of aromatic nitrogens is 2. The Kier molecular flexibility index (Phi) is 6.17. The summed E-state index contributed by atoms with van der Waals surface area (Å²) in [4.78, 5) is 15.0. The van der Waals surface area contributed by atoms with Crippen molar-refractivity contribution in [3.05, 3.63) is 35.7 Å². The van der Waals surface area contributed by atoms with Crippen molar-refractivity contribution in [2.75, 3.05) is 40.4 Å². The van der Waals surface area contributed by atoms with Crippen LogP contribution in [0, 0.1) is 0 Å². The minimum absolute atomic E-state index is 0.137. The van der Waals surface area contributed by atoms with Crippen LogP contribution in [0.1, 0.15) is 55.7 Å². The van der Waals surface area contributed by atoms with Gasteiger partial charge >= 0.3 is 0 Å². The molecule has 0 spiro atoms. The van der Waals surface area contributed by atoms with Gasteiger partial charge in [0.2, 0.25) is 10.0 Å². The van der Waals surface area contributed by atoms with Crippen LogP contribution in [0.15, 0.2) is 29.2 Å². The fraction of sp³-hybridized carbons (Fsp3) is 0.565. The molecule has 2 aromatic rings. The SMILES string of the molecule is COc1ccc(S(=O)(=O)N2CCN(C(=O)c3cc(C4CC4)n(C(C)(C)C)n3)CC2)cc1OC. The van der Waals surface area contributed by atoms with Gasteiger partial charge in [0.1, 0.15) is 0 Å². The van der Waals surface area contributed by atoms with Gasteiger partial charge in [0, 0.05) is 43.9 Å². The van der Waals surface area contributed by atoms with E-state index >= 15 is 0 Å². The Labute approximate surface area is 195 Å². The van der Waals surface area contributed by atoms with Crippen molar-refractivity contribution in [2.24, 2.45) is 0 Å². The van der Waals surface area contributed by atoms with Crippen molar-refractivity contribution < 1.29 is 22.7 Å². The lowest BCUT2D eigenvalue weighted by Crippen LogP contribution is -2.50. The summed E-state index contributed by atoms with van der Waals surface area (Å²) in [5.74, 6) is 1.14. The minimum Gasteiger partial charge on any atom is -0.493 e. The molecule has 2 fully saturated rings. The molecule has 4 rings (SSSR count). The van der Waals surface area contributed by atoms with Gasteiger partial charge in [-0.3, -0.25) is 9.48 Å². The molecule has 1 aromatic heterocycles. The molecule has 1 aliphatic carbocycles. The Balaban J connectivity index is 1.47. The molecular formula is C23H32N4O5S. The summed E-state index contributed by atoms with van der Waals surface area (Å²) in [6, 6.07) is 6.46. The Morgan fingerprint density at radius 1 is 1.00 bits per heavy atom. The molecule has 10 heteroatoms. The standard InChI is InChI=1S/C23H32N4O5S/c1-23(2,3)27-19(16-6-7-16)15-18(24-27)22(28)25-10-12-26(13-11-25)33(29,30)17-8-9-20(31-4)21(14-17)32-5/h8-9,14-16H,6-7,10-13H2,1-5H3. The van der Waals surface area contributed by atoms with E-state index in [-0.39, 0.29) is 29.4 Å². The lowest BCUT2D eigenvalue weighted by molar-refractivity contribution is 0.0690. The number of piperazine rings is 1. The van der Waals surface area contributed by atoms with Crippen molar-refractivity contribution in [1.29, 1.82) is 0 Å². The maximum Gasteiger partial charge on any atom is 0.274 e. The molecule has 2 heterocycles. The van der Waals surface area contributed by atoms with E-state index in [0.29, 0.717) is 36.2 Å². The molecule has 0 unspecified atom stereocenters. The molecule has 0 bridgehead atoms. The van der Waals surface area contributed by atoms with E-state index < -0.39 is 10.0 Å². The highest BCUT2D eigenvalue weighted by molar-refractivity contribution is 7.89. The highest BCUT2D eigenvalue weighted by Crippen LogP contribution is 2.42. The molecule has 1 saturated carbocycles. The third kappa shape index (κ3) is 4.59. The number of hydrogen-bond donors (Lipinski definition) is 0. The third-order valence-electron chi connectivity index (χ3n) is 6.11. The lowest BCUT2D eigenvalue weighted by atomic mass is 10.1. The molecular weight excluding hydrogens is 444 g/mol. The highest BCUT2D eigenvalue weighted by Gasteiger charge is 2.35. The van der Waals surface area contributed by atoms with Crippen LogP contribution in [-0.4, -0.2) is 73.7 Å². The van der Waals surface area contributed by atoms with Crippen molar-refractivity contribution in [1.82, 2.24) is 19.0 Å². The molecule has 0 atom stereocenters. The van der Waals surface area contributed by atoms with Gasteiger partial charge in [-0.15, -0.1) is 0 Å². The molecule has 1 saturated heterocycles. The van der Waals surface area contributed by atoms with Gasteiger partial charge in [-0.1, -0.05) is 0 Å². The number of amides is 1. The second-order valence-electron chi connectivity index (χ2n) is 9.52. The monoisotopic (exact) mass is 476 g/mol. The average Bonchev–Trinajstić information content (AvgIpc) is 3.54. The fourth-order valence-electron chi connectivity index (χ4n) is 4.13. The molecule has 2 aliphatic rings. The summed E-state index contributed by atoms with van der Waals surface area (Å²) < 4.78 is 40.1. The molecule has 0 N–H and O–H groups in total. The van der Waals surface area contributed by atoms with E-state index in [1.807, 2.05) is 10.7 Å². The number of rotatable bonds is 6. The van der Waals surface area contributed by atoms with Gasteiger partial charge in [0.15, 0.2) is 17.2 Å². The van der Waals surface area contributed by atoms with Crippen molar-refractivity contribution in [3.8, 4) is 11.5 Å². The first-order valence-electron chi connectivity index (χ1n) is 11.2. The number of carbonyl (C=O) groups excluding carboxylic acids is 1. The van der Waals surface area contributed by atoms with Crippen molar-refractivity contribution in [3.63, 3.8) is 0 Å². The smallest absolute Gasteiger partial charge is 0.274 e. The molecule has 0 radical (unpaired) electrons. The van der Waals surface area contributed by atoms with Gasteiger partial charge in [-0.2, -0.15) is 9.40 Å². The summed E-state index contributed by atoms with van der Waals surface area (Å²) in [5, 5.41) is 4.64. The summed E-state index contributed by atoms with van der Waals surface area (Å²) in [6.45, 7) is 7.31. The average molecular weight is 477 g/mol. The Morgan fingerprint density at radius 3 is 2.18 bits per heavy atom. The number of methoxy groups -OCH3 is 2. The van der Waals surface area contributed by atoms with Crippen LogP contribution in [0.3, 0.4) is 0 Å². The topological polar surface area (TPSA) is 94.0 Å². The van der Waals surface area contributed by atoms with E-state index in [0.717, 1.165) is 18.5 Å². The number of nitrogens with zero attached hydrogens (tertiary/aromatic N) is 4. The third-order valence-corrected chi connectivity index (χ3v) is 8.00. The number of benzene rings is 1. The number of ether oxygens (including phenoxy) is 2. The lowest BCUT2D eigenvalue weighted by Gasteiger charge is -2.33. The number of sulfonamides is 1. The zero-order chi connectivity index (χ0) is 24.0. The molecule has 1 aromatic carbocycles. The second-order valence-corrected chi connectivity index (χ2v) is 11.5. The van der Waals surface area contributed by atoms with Crippen LogP contribution in [-0.2, 0) is 15.6 Å². The van der Waals surface area contributed by atoms with Crippen molar-refractivity contribution >= 4 is 15.9 Å². The largest absolute Gasteiger partial charge is 0.493 e. The predicted octanol–water partition coefficient (Wildman–Crippen LogP) is 2.68. The van der Waals surface area contributed by atoms with Gasteiger partial charge in [0.05, 0.1) is 24.7 Å². The summed E-state index contributed by atoms with van der Waals surface area (Å²) >= 11 is 0. The van der Waals surface area contributed by atoms with Crippen LogP contribution in [0.4, 0.5) is 0 Å². The first-order chi connectivity index (χ1) is 15.6. The van der Waals surface area contributed by atoms with Crippen LogP contribution >= 0.6 is 0 Å². The van der Waals surface area contributed by atoms with Gasteiger partial charge in [-0.25, -0.2) is 8.42 Å². The predicted molar refractivity (Wildman–Crippen MR) is 123 cm³/mol. The van der Waals surface area contributed by atoms with Crippen LogP contribution in [0.5, 0.6) is 11.5 Å². The Bertz CT molecular complexity index is 1140. The quantitative estimate of drug-likeness (QED) is 0.636. The second kappa shape index (κ2) is 8.64. The van der Waals surface area contributed by atoms with Gasteiger partial charge < -0.3 is 14.4 Å². The molecule has 1 aliphatic heterocycles. The summed E-state index contributed by atoms with van der Waals surface area (Å²) in [5.41, 5.74) is 1.34. The molecule has 180 valence electrons. The molecule has 9 nitrogen and oxygen atoms in total. The summed E-state index contributed by atoms with van der Waals surface area (Å²) in [6.07, 6.45) is 2.25. The number of hydrogen-bond acceptors (Lipinski definition) is 6.